The number of anilines is 4. The third kappa shape index (κ3) is 3.79. The van der Waals surface area contributed by atoms with Crippen LogP contribution in [0, 0.1) is 0 Å². The lowest BCUT2D eigenvalue weighted by Gasteiger charge is -2.33. The predicted molar refractivity (Wildman–Crippen MR) is 116 cm³/mol. The number of carbonyl (C=O) groups is 1. The topological polar surface area (TPSA) is 93.6 Å². The Bertz CT molecular complexity index is 912. The smallest absolute Gasteiger partial charge is 0.323 e. The van der Waals surface area contributed by atoms with Crippen LogP contribution >= 0.6 is 0 Å². The highest BCUT2D eigenvalue weighted by atomic mass is 16.3. The van der Waals surface area contributed by atoms with Gasteiger partial charge in [-0.3, -0.25) is 4.90 Å². The number of β-amino-alcohol motifs (C(OH)–C–C–N with tert-alkyl or cyclic N) is 1. The maximum Gasteiger partial charge on any atom is 0.323 e. The second-order valence-electron chi connectivity index (χ2n) is 8.42. The standard InChI is InChI=1S/C22H28N6O2/c29-19-6-3-11-27(14-19)17-9-7-16(8-10-17)25-21-23-12-15-13-24-22(30)28(20(15)26-21)18-4-1-2-5-18/h7-10,12,18-19,29H,1-6,11,13-14H2,(H,24,30)(H,23,25,26). The molecule has 1 saturated heterocycles. The molecule has 0 radical (unpaired) electrons. The van der Waals surface area contributed by atoms with Gasteiger partial charge < -0.3 is 20.6 Å². The van der Waals surface area contributed by atoms with Gasteiger partial charge in [-0.15, -0.1) is 0 Å². The molecule has 1 saturated carbocycles. The van der Waals surface area contributed by atoms with E-state index >= 15 is 0 Å². The van der Waals surface area contributed by atoms with Gasteiger partial charge in [0.1, 0.15) is 5.82 Å². The molecule has 2 aliphatic heterocycles. The zero-order valence-electron chi connectivity index (χ0n) is 17.0. The molecular formula is C22H28N6O2. The van der Waals surface area contributed by atoms with Gasteiger partial charge in [-0.05, 0) is 49.9 Å². The number of amides is 2. The number of rotatable bonds is 4. The molecular weight excluding hydrogens is 380 g/mol. The average molecular weight is 409 g/mol. The Labute approximate surface area is 176 Å². The van der Waals surface area contributed by atoms with E-state index in [2.05, 4.69) is 32.7 Å². The summed E-state index contributed by atoms with van der Waals surface area (Å²) < 4.78 is 0. The molecule has 2 aromatic rings. The summed E-state index contributed by atoms with van der Waals surface area (Å²) >= 11 is 0. The van der Waals surface area contributed by atoms with Gasteiger partial charge in [-0.2, -0.15) is 4.98 Å². The summed E-state index contributed by atoms with van der Waals surface area (Å²) in [5.41, 5.74) is 2.95. The second kappa shape index (κ2) is 8.10. The number of nitrogens with one attached hydrogen (secondary N) is 2. The van der Waals surface area contributed by atoms with E-state index in [0.29, 0.717) is 19.0 Å². The minimum atomic E-state index is -0.250. The van der Waals surface area contributed by atoms with Crippen LogP contribution in [0.25, 0.3) is 0 Å². The van der Waals surface area contributed by atoms with Crippen LogP contribution in [0.15, 0.2) is 30.5 Å². The number of benzene rings is 1. The molecule has 3 N–H and O–H groups in total. The van der Waals surface area contributed by atoms with Crippen LogP contribution in [-0.2, 0) is 6.54 Å². The number of urea groups is 1. The van der Waals surface area contributed by atoms with Crippen molar-refractivity contribution in [1.82, 2.24) is 15.3 Å². The number of hydrogen-bond donors (Lipinski definition) is 3. The van der Waals surface area contributed by atoms with Gasteiger partial charge in [0.15, 0.2) is 0 Å². The summed E-state index contributed by atoms with van der Waals surface area (Å²) in [7, 11) is 0. The number of aliphatic hydroxyl groups is 1. The molecule has 8 heteroatoms. The molecule has 1 aromatic heterocycles. The summed E-state index contributed by atoms with van der Waals surface area (Å²) in [4.78, 5) is 25.7. The van der Waals surface area contributed by atoms with Gasteiger partial charge in [-0.1, -0.05) is 12.8 Å². The van der Waals surface area contributed by atoms with Gasteiger partial charge in [0.25, 0.3) is 0 Å². The Morgan fingerprint density at radius 1 is 1.10 bits per heavy atom. The fraction of sp³-hybridized carbons (Fsp3) is 0.500. The molecule has 2 fully saturated rings. The zero-order chi connectivity index (χ0) is 20.5. The molecule has 0 spiro atoms. The number of carbonyl (C=O) groups excluding carboxylic acids is 1. The van der Waals surface area contributed by atoms with E-state index in [-0.39, 0.29) is 18.2 Å². The SMILES string of the molecule is O=C1NCc2cnc(Nc3ccc(N4CCCC(O)C4)cc3)nc2N1C1CCCC1. The minimum Gasteiger partial charge on any atom is -0.391 e. The van der Waals surface area contributed by atoms with Gasteiger partial charge in [0.05, 0.1) is 6.10 Å². The summed E-state index contributed by atoms with van der Waals surface area (Å²) in [5.74, 6) is 1.22. The molecule has 3 heterocycles. The normalized spacial score (nSPS) is 22.0. The largest absolute Gasteiger partial charge is 0.391 e. The van der Waals surface area contributed by atoms with Crippen LogP contribution in [0.4, 0.5) is 27.9 Å². The van der Waals surface area contributed by atoms with Gasteiger partial charge in [0.2, 0.25) is 5.95 Å². The molecule has 1 unspecified atom stereocenters. The van der Waals surface area contributed by atoms with Crippen molar-refractivity contribution in [2.75, 3.05) is 28.2 Å². The van der Waals surface area contributed by atoms with Gasteiger partial charge in [-0.25, -0.2) is 9.78 Å². The van der Waals surface area contributed by atoms with Crippen molar-refractivity contribution < 1.29 is 9.90 Å². The Balaban J connectivity index is 1.34. The monoisotopic (exact) mass is 408 g/mol. The van der Waals surface area contributed by atoms with E-state index in [1.165, 1.54) is 0 Å². The zero-order valence-corrected chi connectivity index (χ0v) is 17.0. The van der Waals surface area contributed by atoms with Crippen molar-refractivity contribution in [2.24, 2.45) is 0 Å². The highest BCUT2D eigenvalue weighted by Crippen LogP contribution is 2.32. The van der Waals surface area contributed by atoms with Crippen molar-refractivity contribution in [3.63, 3.8) is 0 Å². The molecule has 1 aromatic carbocycles. The molecule has 5 rings (SSSR count). The molecule has 2 amide bonds. The van der Waals surface area contributed by atoms with E-state index in [9.17, 15) is 9.90 Å². The number of hydrogen-bond acceptors (Lipinski definition) is 6. The van der Waals surface area contributed by atoms with Crippen molar-refractivity contribution in [2.45, 2.75) is 57.2 Å². The van der Waals surface area contributed by atoms with Crippen molar-refractivity contribution in [3.8, 4) is 0 Å². The lowest BCUT2D eigenvalue weighted by atomic mass is 10.1. The highest BCUT2D eigenvalue weighted by molar-refractivity contribution is 5.94. The number of fused-ring (bicyclic) bond motifs is 1. The molecule has 3 aliphatic rings. The Kier molecular flexibility index (Phi) is 5.16. The molecule has 1 atom stereocenters. The fourth-order valence-electron chi connectivity index (χ4n) is 4.72. The quantitative estimate of drug-likeness (QED) is 0.720. The second-order valence-corrected chi connectivity index (χ2v) is 8.42. The van der Waals surface area contributed by atoms with E-state index in [4.69, 9.17) is 4.98 Å². The van der Waals surface area contributed by atoms with E-state index in [0.717, 1.165) is 67.8 Å². The number of nitrogens with zero attached hydrogens (tertiary/aromatic N) is 4. The average Bonchev–Trinajstić information content (AvgIpc) is 3.28. The molecule has 8 nitrogen and oxygen atoms in total. The van der Waals surface area contributed by atoms with Gasteiger partial charge in [0, 0.05) is 48.8 Å². The molecule has 30 heavy (non-hydrogen) atoms. The highest BCUT2D eigenvalue weighted by Gasteiger charge is 2.33. The Hall–Kier alpha value is -2.87. The van der Waals surface area contributed by atoms with Crippen LogP contribution in [0.1, 0.15) is 44.1 Å². The lowest BCUT2D eigenvalue weighted by molar-refractivity contribution is 0.154. The number of piperidine rings is 1. The summed E-state index contributed by atoms with van der Waals surface area (Å²) in [6, 6.07) is 8.26. The van der Waals surface area contributed by atoms with Crippen LogP contribution in [0.2, 0.25) is 0 Å². The molecule has 0 bridgehead atoms. The van der Waals surface area contributed by atoms with E-state index < -0.39 is 0 Å². The van der Waals surface area contributed by atoms with Crippen LogP contribution in [0.3, 0.4) is 0 Å². The fourth-order valence-corrected chi connectivity index (χ4v) is 4.72. The maximum absolute atomic E-state index is 12.5. The third-order valence-electron chi connectivity index (χ3n) is 6.29. The first-order chi connectivity index (χ1) is 14.7. The Morgan fingerprint density at radius 2 is 1.90 bits per heavy atom. The van der Waals surface area contributed by atoms with Crippen molar-refractivity contribution in [3.05, 3.63) is 36.0 Å². The van der Waals surface area contributed by atoms with Crippen LogP contribution in [-0.4, -0.2) is 46.3 Å². The summed E-state index contributed by atoms with van der Waals surface area (Å²) in [6.07, 6.45) is 7.78. The minimum absolute atomic E-state index is 0.0629. The third-order valence-corrected chi connectivity index (χ3v) is 6.29. The number of aliphatic hydroxyl groups excluding tert-OH is 1. The summed E-state index contributed by atoms with van der Waals surface area (Å²) in [6.45, 7) is 2.12. The lowest BCUT2D eigenvalue weighted by Crippen LogP contribution is -2.49. The first-order valence-electron chi connectivity index (χ1n) is 10.9. The molecule has 1 aliphatic carbocycles. The first-order valence-corrected chi connectivity index (χ1v) is 10.9. The van der Waals surface area contributed by atoms with E-state index in [1.807, 2.05) is 17.0 Å². The first kappa shape index (κ1) is 19.1. The van der Waals surface area contributed by atoms with Crippen molar-refractivity contribution in [1.29, 1.82) is 0 Å². The van der Waals surface area contributed by atoms with E-state index in [1.54, 1.807) is 6.20 Å². The predicted octanol–water partition coefficient (Wildman–Crippen LogP) is 3.15. The summed E-state index contributed by atoms with van der Waals surface area (Å²) in [5, 5.41) is 16.1. The van der Waals surface area contributed by atoms with Crippen molar-refractivity contribution >= 4 is 29.2 Å². The molecule has 158 valence electrons. The van der Waals surface area contributed by atoms with Gasteiger partial charge >= 0.3 is 6.03 Å². The Morgan fingerprint density at radius 3 is 2.67 bits per heavy atom. The maximum atomic E-state index is 12.5. The van der Waals surface area contributed by atoms with Crippen LogP contribution in [0.5, 0.6) is 0 Å². The number of aromatic nitrogens is 2. The van der Waals surface area contributed by atoms with Crippen LogP contribution < -0.4 is 20.4 Å².